The summed E-state index contributed by atoms with van der Waals surface area (Å²) in [7, 11) is 1.58. The Kier molecular flexibility index (Phi) is 5.31. The smallest absolute Gasteiger partial charge is 0.344 e. The zero-order chi connectivity index (χ0) is 17.5. The van der Waals surface area contributed by atoms with Gasteiger partial charge in [-0.1, -0.05) is 30.3 Å². The molecule has 0 unspecified atom stereocenters. The van der Waals surface area contributed by atoms with Gasteiger partial charge in [0.25, 0.3) is 0 Å². The number of carbonyl (C=O) groups is 1. The first-order chi connectivity index (χ1) is 12.2. The number of hydrogen-bond acceptors (Lipinski definition) is 6. The fraction of sp³-hybridized carbons (Fsp3) is 0.158. The third-order valence-corrected chi connectivity index (χ3v) is 3.38. The fourth-order valence-electron chi connectivity index (χ4n) is 2.11. The van der Waals surface area contributed by atoms with Crippen molar-refractivity contribution in [1.29, 1.82) is 0 Å². The lowest BCUT2D eigenvalue weighted by molar-refractivity contribution is -0.148. The minimum absolute atomic E-state index is 0.0440. The van der Waals surface area contributed by atoms with Crippen LogP contribution < -0.4 is 9.47 Å². The van der Waals surface area contributed by atoms with Gasteiger partial charge in [-0.2, -0.15) is 0 Å². The maximum atomic E-state index is 11.7. The van der Waals surface area contributed by atoms with E-state index in [2.05, 4.69) is 4.98 Å². The number of benzene rings is 2. The molecule has 0 saturated heterocycles. The molecule has 3 rings (SSSR count). The highest BCUT2D eigenvalue weighted by molar-refractivity contribution is 5.71. The van der Waals surface area contributed by atoms with Gasteiger partial charge in [-0.05, 0) is 24.3 Å². The molecule has 0 aliphatic rings. The van der Waals surface area contributed by atoms with Crippen LogP contribution in [0, 0.1) is 0 Å². The maximum Gasteiger partial charge on any atom is 0.344 e. The zero-order valence-corrected chi connectivity index (χ0v) is 13.7. The van der Waals surface area contributed by atoms with E-state index in [4.69, 9.17) is 18.6 Å². The molecule has 6 heteroatoms. The zero-order valence-electron chi connectivity index (χ0n) is 13.7. The second-order valence-electron chi connectivity index (χ2n) is 5.11. The van der Waals surface area contributed by atoms with Crippen molar-refractivity contribution in [1.82, 2.24) is 4.98 Å². The van der Waals surface area contributed by atoms with Crippen LogP contribution in [-0.4, -0.2) is 24.7 Å². The molecule has 0 fully saturated rings. The van der Waals surface area contributed by atoms with E-state index in [1.807, 2.05) is 30.3 Å². The lowest BCUT2D eigenvalue weighted by Gasteiger charge is -2.06. The van der Waals surface area contributed by atoms with E-state index in [9.17, 15) is 4.79 Å². The van der Waals surface area contributed by atoms with E-state index in [0.717, 1.165) is 5.56 Å². The number of carbonyl (C=O) groups excluding carboxylic acids is 1. The monoisotopic (exact) mass is 339 g/mol. The molecule has 6 nitrogen and oxygen atoms in total. The summed E-state index contributed by atoms with van der Waals surface area (Å²) in [6.07, 6.45) is 1.60. The molecule has 1 aromatic heterocycles. The van der Waals surface area contributed by atoms with Crippen molar-refractivity contribution in [3.05, 3.63) is 66.7 Å². The topological polar surface area (TPSA) is 70.8 Å². The Labute approximate surface area is 145 Å². The number of hydrogen-bond donors (Lipinski definition) is 0. The molecule has 0 spiro atoms. The number of oxazole rings is 1. The Morgan fingerprint density at radius 3 is 2.48 bits per heavy atom. The number of rotatable bonds is 7. The average molecular weight is 339 g/mol. The van der Waals surface area contributed by atoms with Crippen LogP contribution in [-0.2, 0) is 16.1 Å². The summed E-state index contributed by atoms with van der Waals surface area (Å²) in [5.41, 5.74) is 0.912. The second kappa shape index (κ2) is 8.01. The average Bonchev–Trinajstić information content (AvgIpc) is 3.15. The van der Waals surface area contributed by atoms with Crippen molar-refractivity contribution in [2.45, 2.75) is 6.61 Å². The van der Waals surface area contributed by atoms with E-state index in [1.54, 1.807) is 37.6 Å². The molecule has 0 radical (unpaired) electrons. The lowest BCUT2D eigenvalue weighted by atomic mass is 10.2. The number of aromatic nitrogens is 1. The van der Waals surface area contributed by atoms with Crippen molar-refractivity contribution < 1.29 is 23.4 Å². The first-order valence-electron chi connectivity index (χ1n) is 7.67. The summed E-state index contributed by atoms with van der Waals surface area (Å²) in [5.74, 6) is 1.72. The molecule has 0 atom stereocenters. The lowest BCUT2D eigenvalue weighted by Crippen LogP contribution is -2.14. The van der Waals surface area contributed by atoms with E-state index in [0.29, 0.717) is 23.1 Å². The standard InChI is InChI=1S/C19H17NO5/c1-22-15-7-9-16(10-8-15)23-13-19(21)24-12-18-20-11-17(25-18)14-5-3-2-4-6-14/h2-11H,12-13H2,1H3. The highest BCUT2D eigenvalue weighted by Crippen LogP contribution is 2.20. The highest BCUT2D eigenvalue weighted by atomic mass is 16.6. The summed E-state index contributed by atoms with van der Waals surface area (Å²) in [5, 5.41) is 0. The van der Waals surface area contributed by atoms with Crippen LogP contribution in [0.2, 0.25) is 0 Å². The first-order valence-corrected chi connectivity index (χ1v) is 7.67. The Morgan fingerprint density at radius 2 is 1.76 bits per heavy atom. The number of nitrogens with zero attached hydrogens (tertiary/aromatic N) is 1. The van der Waals surface area contributed by atoms with E-state index in [-0.39, 0.29) is 13.2 Å². The third kappa shape index (κ3) is 4.60. The van der Waals surface area contributed by atoms with Crippen molar-refractivity contribution in [2.24, 2.45) is 0 Å². The Morgan fingerprint density at radius 1 is 1.04 bits per heavy atom. The summed E-state index contributed by atoms with van der Waals surface area (Å²) in [6, 6.07) is 16.5. The predicted molar refractivity (Wildman–Crippen MR) is 90.2 cm³/mol. The molecule has 2 aromatic carbocycles. The normalized spacial score (nSPS) is 10.3. The van der Waals surface area contributed by atoms with Crippen LogP contribution in [0.4, 0.5) is 0 Å². The van der Waals surface area contributed by atoms with Gasteiger partial charge in [0.15, 0.2) is 19.0 Å². The summed E-state index contributed by atoms with van der Waals surface area (Å²) in [6.45, 7) is -0.240. The molecule has 0 aliphatic heterocycles. The van der Waals surface area contributed by atoms with Gasteiger partial charge in [0.2, 0.25) is 5.89 Å². The molecule has 0 saturated carbocycles. The summed E-state index contributed by atoms with van der Waals surface area (Å²) in [4.78, 5) is 15.9. The number of esters is 1. The van der Waals surface area contributed by atoms with Crippen molar-refractivity contribution >= 4 is 5.97 Å². The van der Waals surface area contributed by atoms with Gasteiger partial charge in [-0.15, -0.1) is 0 Å². The molecule has 0 N–H and O–H groups in total. The Bertz CT molecular complexity index is 811. The molecule has 25 heavy (non-hydrogen) atoms. The number of methoxy groups -OCH3 is 1. The molecule has 1 heterocycles. The molecular weight excluding hydrogens is 322 g/mol. The molecule has 3 aromatic rings. The van der Waals surface area contributed by atoms with Gasteiger partial charge in [-0.25, -0.2) is 9.78 Å². The quantitative estimate of drug-likeness (QED) is 0.614. The highest BCUT2D eigenvalue weighted by Gasteiger charge is 2.10. The maximum absolute atomic E-state index is 11.7. The van der Waals surface area contributed by atoms with Gasteiger partial charge < -0.3 is 18.6 Å². The van der Waals surface area contributed by atoms with Gasteiger partial charge in [-0.3, -0.25) is 0 Å². The van der Waals surface area contributed by atoms with Gasteiger partial charge in [0, 0.05) is 5.56 Å². The van der Waals surface area contributed by atoms with Crippen LogP contribution in [0.25, 0.3) is 11.3 Å². The molecule has 0 aliphatic carbocycles. The minimum Gasteiger partial charge on any atom is -0.497 e. The SMILES string of the molecule is COc1ccc(OCC(=O)OCc2ncc(-c3ccccc3)o2)cc1. The van der Waals surface area contributed by atoms with Crippen LogP contribution in [0.15, 0.2) is 65.2 Å². The first kappa shape index (κ1) is 16.6. The van der Waals surface area contributed by atoms with Crippen LogP contribution in [0.5, 0.6) is 11.5 Å². The van der Waals surface area contributed by atoms with Gasteiger partial charge in [0.05, 0.1) is 13.3 Å². The van der Waals surface area contributed by atoms with E-state index in [1.165, 1.54) is 0 Å². The van der Waals surface area contributed by atoms with Crippen molar-refractivity contribution in [3.63, 3.8) is 0 Å². The molecular formula is C19H17NO5. The van der Waals surface area contributed by atoms with E-state index >= 15 is 0 Å². The summed E-state index contributed by atoms with van der Waals surface area (Å²) >= 11 is 0. The van der Waals surface area contributed by atoms with Crippen LogP contribution >= 0.6 is 0 Å². The predicted octanol–water partition coefficient (Wildman–Crippen LogP) is 3.47. The van der Waals surface area contributed by atoms with Crippen molar-refractivity contribution in [3.8, 4) is 22.8 Å². The summed E-state index contributed by atoms with van der Waals surface area (Å²) < 4.78 is 21.1. The second-order valence-corrected chi connectivity index (χ2v) is 5.11. The molecule has 0 amide bonds. The van der Waals surface area contributed by atoms with Crippen LogP contribution in [0.1, 0.15) is 5.89 Å². The van der Waals surface area contributed by atoms with E-state index < -0.39 is 5.97 Å². The molecule has 0 bridgehead atoms. The molecule has 128 valence electrons. The fourth-order valence-corrected chi connectivity index (χ4v) is 2.11. The van der Waals surface area contributed by atoms with Crippen LogP contribution in [0.3, 0.4) is 0 Å². The minimum atomic E-state index is -0.504. The van der Waals surface area contributed by atoms with Gasteiger partial charge in [0.1, 0.15) is 11.5 Å². The third-order valence-electron chi connectivity index (χ3n) is 3.38. The number of ether oxygens (including phenoxy) is 3. The Balaban J connectivity index is 1.46. The largest absolute Gasteiger partial charge is 0.497 e. The van der Waals surface area contributed by atoms with Gasteiger partial charge >= 0.3 is 5.97 Å². The van der Waals surface area contributed by atoms with Crippen molar-refractivity contribution in [2.75, 3.05) is 13.7 Å². The Hall–Kier alpha value is -3.28.